The third-order valence-electron chi connectivity index (χ3n) is 4.99. The average Bonchev–Trinajstić information content (AvgIpc) is 3.11. The van der Waals surface area contributed by atoms with Crippen LogP contribution in [-0.4, -0.2) is 31.2 Å². The average molecular weight is 401 g/mol. The molecule has 1 aliphatic carbocycles. The highest BCUT2D eigenvalue weighted by Gasteiger charge is 2.24. The van der Waals surface area contributed by atoms with Crippen LogP contribution in [0.2, 0.25) is 0 Å². The Kier molecular flexibility index (Phi) is 5.26. The molecule has 1 aromatic heterocycles. The van der Waals surface area contributed by atoms with Crippen molar-refractivity contribution in [3.8, 4) is 11.5 Å². The Hall–Kier alpha value is -2.54. The lowest BCUT2D eigenvalue weighted by molar-refractivity contribution is -0.123. The minimum atomic E-state index is -0.904. The van der Waals surface area contributed by atoms with Gasteiger partial charge >= 0.3 is 5.97 Å². The summed E-state index contributed by atoms with van der Waals surface area (Å²) < 4.78 is 16.4. The normalized spacial score (nSPS) is 18.7. The van der Waals surface area contributed by atoms with Gasteiger partial charge in [0.05, 0.1) is 0 Å². The molecule has 0 radical (unpaired) electrons. The monoisotopic (exact) mass is 401 g/mol. The minimum Gasteiger partial charge on any atom is -0.486 e. The van der Waals surface area contributed by atoms with Crippen LogP contribution < -0.4 is 14.8 Å². The zero-order valence-corrected chi connectivity index (χ0v) is 16.8. The molecule has 148 valence electrons. The lowest BCUT2D eigenvalue weighted by Gasteiger charge is -2.19. The van der Waals surface area contributed by atoms with Crippen LogP contribution in [0.1, 0.15) is 40.4 Å². The van der Waals surface area contributed by atoms with Crippen LogP contribution in [0.3, 0.4) is 0 Å². The number of carbonyl (C=O) groups excluding carboxylic acids is 2. The summed E-state index contributed by atoms with van der Waals surface area (Å²) in [5.74, 6) is 1.05. The first-order chi connectivity index (χ1) is 13.5. The van der Waals surface area contributed by atoms with Gasteiger partial charge in [-0.05, 0) is 55.9 Å². The summed E-state index contributed by atoms with van der Waals surface area (Å²) in [5.41, 5.74) is 1.81. The van der Waals surface area contributed by atoms with Gasteiger partial charge in [-0.2, -0.15) is 0 Å². The zero-order chi connectivity index (χ0) is 19.7. The highest BCUT2D eigenvalue weighted by atomic mass is 32.1. The molecule has 1 N–H and O–H groups in total. The van der Waals surface area contributed by atoms with Crippen LogP contribution in [-0.2, 0) is 22.4 Å². The predicted octanol–water partition coefficient (Wildman–Crippen LogP) is 3.83. The Balaban J connectivity index is 1.37. The van der Waals surface area contributed by atoms with Gasteiger partial charge in [0.25, 0.3) is 5.91 Å². The maximum absolute atomic E-state index is 12.5. The van der Waals surface area contributed by atoms with Crippen LogP contribution in [0.15, 0.2) is 24.3 Å². The fourth-order valence-corrected chi connectivity index (χ4v) is 4.53. The van der Waals surface area contributed by atoms with Crippen molar-refractivity contribution in [2.45, 2.75) is 39.2 Å². The number of rotatable bonds is 4. The molecule has 0 bridgehead atoms. The number of fused-ring (bicyclic) bond motifs is 2. The minimum absolute atomic E-state index is 0.389. The van der Waals surface area contributed by atoms with E-state index >= 15 is 0 Å². The molecule has 4 rings (SSSR count). The Morgan fingerprint density at radius 1 is 1.21 bits per heavy atom. The van der Waals surface area contributed by atoms with Crippen LogP contribution in [0.25, 0.3) is 0 Å². The fraction of sp³-hybridized carbons (Fsp3) is 0.429. The van der Waals surface area contributed by atoms with E-state index in [0.717, 1.165) is 19.3 Å². The smallest absolute Gasteiger partial charge is 0.349 e. The fourth-order valence-electron chi connectivity index (χ4n) is 3.44. The van der Waals surface area contributed by atoms with Gasteiger partial charge < -0.3 is 19.5 Å². The highest BCUT2D eigenvalue weighted by Crippen LogP contribution is 2.34. The topological polar surface area (TPSA) is 73.9 Å². The molecule has 2 aromatic rings. The standard InChI is InChI=1S/C21H23NO5S/c1-12-3-6-18-14(9-12)10-19(28-18)21(24)27-13(2)20(23)22-15-4-5-16-17(11-15)26-8-7-25-16/h4-5,10-13H,3,6-9H2,1-2H3,(H,22,23)/t12-,13+/m1/s1. The Morgan fingerprint density at radius 2 is 2.00 bits per heavy atom. The number of ether oxygens (including phenoxy) is 3. The van der Waals surface area contributed by atoms with E-state index in [2.05, 4.69) is 12.2 Å². The summed E-state index contributed by atoms with van der Waals surface area (Å²) in [5, 5.41) is 2.76. The van der Waals surface area contributed by atoms with Crippen molar-refractivity contribution in [2.24, 2.45) is 5.92 Å². The molecule has 0 saturated carbocycles. The first kappa shape index (κ1) is 18.8. The SMILES string of the molecule is C[C@@H]1CCc2sc(C(=O)O[C@@H](C)C(=O)Nc3ccc4c(c3)OCCO4)cc2C1. The first-order valence-electron chi connectivity index (χ1n) is 9.52. The van der Waals surface area contributed by atoms with Gasteiger partial charge in [0.1, 0.15) is 18.1 Å². The molecule has 1 amide bonds. The van der Waals surface area contributed by atoms with Crippen LogP contribution in [0.4, 0.5) is 5.69 Å². The largest absolute Gasteiger partial charge is 0.486 e. The lowest BCUT2D eigenvalue weighted by atomic mass is 9.90. The van der Waals surface area contributed by atoms with Crippen molar-refractivity contribution in [2.75, 3.05) is 18.5 Å². The second-order valence-electron chi connectivity index (χ2n) is 7.30. The summed E-state index contributed by atoms with van der Waals surface area (Å²) in [4.78, 5) is 26.7. The van der Waals surface area contributed by atoms with Crippen molar-refractivity contribution in [1.29, 1.82) is 0 Å². The summed E-state index contributed by atoms with van der Waals surface area (Å²) >= 11 is 1.48. The second kappa shape index (κ2) is 7.83. The molecular weight excluding hydrogens is 378 g/mol. The molecule has 0 saturated heterocycles. The number of thiophene rings is 1. The van der Waals surface area contributed by atoms with Gasteiger partial charge in [-0.1, -0.05) is 6.92 Å². The number of carbonyl (C=O) groups is 2. The van der Waals surface area contributed by atoms with E-state index in [1.165, 1.54) is 21.8 Å². The number of amides is 1. The van der Waals surface area contributed by atoms with Crippen LogP contribution in [0, 0.1) is 5.92 Å². The van der Waals surface area contributed by atoms with Gasteiger partial charge in [0.2, 0.25) is 0 Å². The van der Waals surface area contributed by atoms with Crippen LogP contribution in [0.5, 0.6) is 11.5 Å². The molecular formula is C21H23NO5S. The number of hydrogen-bond acceptors (Lipinski definition) is 6. The summed E-state index contributed by atoms with van der Waals surface area (Å²) in [6.45, 7) is 4.78. The first-order valence-corrected chi connectivity index (χ1v) is 10.3. The Bertz CT molecular complexity index is 906. The summed E-state index contributed by atoms with van der Waals surface area (Å²) in [6, 6.07) is 7.10. The molecule has 2 heterocycles. The molecule has 6 nitrogen and oxygen atoms in total. The third kappa shape index (κ3) is 3.99. The maximum atomic E-state index is 12.5. The molecule has 0 spiro atoms. The number of esters is 1. The Morgan fingerprint density at radius 3 is 2.82 bits per heavy atom. The Labute approximate surface area is 167 Å². The van der Waals surface area contributed by atoms with Crippen molar-refractivity contribution < 1.29 is 23.8 Å². The third-order valence-corrected chi connectivity index (χ3v) is 6.21. The van der Waals surface area contributed by atoms with E-state index in [-0.39, 0.29) is 5.91 Å². The molecule has 0 fully saturated rings. The van der Waals surface area contributed by atoms with E-state index in [0.29, 0.717) is 41.2 Å². The number of anilines is 1. The predicted molar refractivity (Wildman–Crippen MR) is 106 cm³/mol. The van der Waals surface area contributed by atoms with Gasteiger partial charge in [-0.25, -0.2) is 4.79 Å². The van der Waals surface area contributed by atoms with Gasteiger partial charge in [0.15, 0.2) is 17.6 Å². The van der Waals surface area contributed by atoms with Gasteiger partial charge in [-0.3, -0.25) is 4.79 Å². The van der Waals surface area contributed by atoms with E-state index < -0.39 is 12.1 Å². The van der Waals surface area contributed by atoms with Crippen molar-refractivity contribution >= 4 is 28.9 Å². The second-order valence-corrected chi connectivity index (χ2v) is 8.44. The zero-order valence-electron chi connectivity index (χ0n) is 15.9. The summed E-state index contributed by atoms with van der Waals surface area (Å²) in [7, 11) is 0. The van der Waals surface area contributed by atoms with Crippen molar-refractivity contribution in [1.82, 2.24) is 0 Å². The van der Waals surface area contributed by atoms with Gasteiger partial charge in [0, 0.05) is 16.6 Å². The van der Waals surface area contributed by atoms with E-state index in [9.17, 15) is 9.59 Å². The number of benzene rings is 1. The molecule has 0 unspecified atom stereocenters. The molecule has 2 atom stereocenters. The number of nitrogens with one attached hydrogen (secondary N) is 1. The summed E-state index contributed by atoms with van der Waals surface area (Å²) in [6.07, 6.45) is 2.25. The molecule has 28 heavy (non-hydrogen) atoms. The van der Waals surface area contributed by atoms with Crippen molar-refractivity contribution in [3.05, 3.63) is 39.6 Å². The maximum Gasteiger partial charge on any atom is 0.349 e. The molecule has 1 aromatic carbocycles. The molecule has 1 aliphatic heterocycles. The van der Waals surface area contributed by atoms with E-state index in [1.807, 2.05) is 6.07 Å². The highest BCUT2D eigenvalue weighted by molar-refractivity contribution is 7.14. The number of aryl methyl sites for hydroxylation is 1. The van der Waals surface area contributed by atoms with Crippen molar-refractivity contribution in [3.63, 3.8) is 0 Å². The van der Waals surface area contributed by atoms with E-state index in [4.69, 9.17) is 14.2 Å². The molecule has 7 heteroatoms. The molecule has 2 aliphatic rings. The number of hydrogen-bond donors (Lipinski definition) is 1. The lowest BCUT2D eigenvalue weighted by Crippen LogP contribution is -2.29. The van der Waals surface area contributed by atoms with Gasteiger partial charge in [-0.15, -0.1) is 11.3 Å². The van der Waals surface area contributed by atoms with Crippen LogP contribution >= 0.6 is 11.3 Å². The van der Waals surface area contributed by atoms with E-state index in [1.54, 1.807) is 25.1 Å². The quantitative estimate of drug-likeness (QED) is 0.789.